The fraction of sp³-hybridized carbons (Fsp3) is 0.941. The molecule has 1 fully saturated rings. The SMILES string of the molecule is CN=C(NCCCOCCOC)NCCCN1CCCC(C)C1.I. The van der Waals surface area contributed by atoms with Gasteiger partial charge in [-0.25, -0.2) is 0 Å². The van der Waals surface area contributed by atoms with Gasteiger partial charge in [0.1, 0.15) is 0 Å². The average Bonchev–Trinajstić information content (AvgIpc) is 2.56. The molecule has 24 heavy (non-hydrogen) atoms. The number of nitrogens with zero attached hydrogens (tertiary/aromatic N) is 2. The number of aliphatic imine (C=N–C) groups is 1. The van der Waals surface area contributed by atoms with Gasteiger partial charge in [-0.05, 0) is 44.7 Å². The van der Waals surface area contributed by atoms with Crippen molar-refractivity contribution in [3.63, 3.8) is 0 Å². The smallest absolute Gasteiger partial charge is 0.190 e. The molecule has 0 radical (unpaired) electrons. The number of likely N-dealkylation sites (tertiary alicyclic amines) is 1. The molecule has 0 spiro atoms. The molecule has 144 valence electrons. The van der Waals surface area contributed by atoms with Crippen LogP contribution in [-0.2, 0) is 9.47 Å². The molecular formula is C17H37IN4O2. The summed E-state index contributed by atoms with van der Waals surface area (Å²) in [5.74, 6) is 1.74. The molecule has 0 saturated carbocycles. The second-order valence-corrected chi connectivity index (χ2v) is 6.29. The molecule has 1 unspecified atom stereocenters. The van der Waals surface area contributed by atoms with Gasteiger partial charge in [0.15, 0.2) is 5.96 Å². The molecule has 0 aromatic rings. The van der Waals surface area contributed by atoms with Crippen molar-refractivity contribution in [2.24, 2.45) is 10.9 Å². The highest BCUT2D eigenvalue weighted by atomic mass is 127. The van der Waals surface area contributed by atoms with E-state index in [2.05, 4.69) is 27.4 Å². The van der Waals surface area contributed by atoms with Crippen LogP contribution in [0.15, 0.2) is 4.99 Å². The first-order chi connectivity index (χ1) is 11.3. The maximum Gasteiger partial charge on any atom is 0.190 e. The number of hydrogen-bond acceptors (Lipinski definition) is 4. The van der Waals surface area contributed by atoms with E-state index in [9.17, 15) is 0 Å². The van der Waals surface area contributed by atoms with Crippen molar-refractivity contribution in [1.29, 1.82) is 0 Å². The van der Waals surface area contributed by atoms with E-state index in [4.69, 9.17) is 9.47 Å². The fourth-order valence-electron chi connectivity index (χ4n) is 2.85. The number of ether oxygens (including phenoxy) is 2. The van der Waals surface area contributed by atoms with Gasteiger partial charge in [0.05, 0.1) is 13.2 Å². The summed E-state index contributed by atoms with van der Waals surface area (Å²) < 4.78 is 10.4. The van der Waals surface area contributed by atoms with Crippen LogP contribution < -0.4 is 10.6 Å². The van der Waals surface area contributed by atoms with Crippen LogP contribution in [0.5, 0.6) is 0 Å². The van der Waals surface area contributed by atoms with E-state index in [0.29, 0.717) is 13.2 Å². The van der Waals surface area contributed by atoms with Gasteiger partial charge in [-0.15, -0.1) is 24.0 Å². The van der Waals surface area contributed by atoms with Crippen molar-refractivity contribution >= 4 is 29.9 Å². The zero-order valence-corrected chi connectivity index (χ0v) is 18.0. The molecule has 1 aliphatic rings. The number of rotatable bonds is 11. The topological polar surface area (TPSA) is 58.1 Å². The molecule has 0 amide bonds. The highest BCUT2D eigenvalue weighted by molar-refractivity contribution is 14.0. The monoisotopic (exact) mass is 456 g/mol. The fourth-order valence-corrected chi connectivity index (χ4v) is 2.85. The molecular weight excluding hydrogens is 419 g/mol. The third kappa shape index (κ3) is 12.3. The van der Waals surface area contributed by atoms with Crippen LogP contribution in [0.4, 0.5) is 0 Å². The van der Waals surface area contributed by atoms with Crippen molar-refractivity contribution in [3.05, 3.63) is 0 Å². The Morgan fingerprint density at radius 1 is 1.17 bits per heavy atom. The zero-order chi connectivity index (χ0) is 16.8. The van der Waals surface area contributed by atoms with E-state index in [1.807, 2.05) is 7.05 Å². The quantitative estimate of drug-likeness (QED) is 0.216. The minimum atomic E-state index is 0. The van der Waals surface area contributed by atoms with Gasteiger partial charge in [-0.2, -0.15) is 0 Å². The predicted octanol–water partition coefficient (Wildman–Crippen LogP) is 1.94. The number of guanidine groups is 1. The number of methoxy groups -OCH3 is 1. The number of nitrogens with one attached hydrogen (secondary N) is 2. The van der Waals surface area contributed by atoms with Crippen LogP contribution in [0.1, 0.15) is 32.6 Å². The largest absolute Gasteiger partial charge is 0.382 e. The summed E-state index contributed by atoms with van der Waals surface area (Å²) >= 11 is 0. The molecule has 6 nitrogen and oxygen atoms in total. The molecule has 1 rings (SSSR count). The summed E-state index contributed by atoms with van der Waals surface area (Å²) in [7, 11) is 3.50. The molecule has 0 aliphatic carbocycles. The van der Waals surface area contributed by atoms with Crippen LogP contribution in [0.3, 0.4) is 0 Å². The lowest BCUT2D eigenvalue weighted by molar-refractivity contribution is 0.0698. The van der Waals surface area contributed by atoms with Gasteiger partial charge in [0, 0.05) is 40.4 Å². The van der Waals surface area contributed by atoms with Gasteiger partial charge in [-0.1, -0.05) is 6.92 Å². The minimum absolute atomic E-state index is 0. The van der Waals surface area contributed by atoms with Crippen LogP contribution in [0, 0.1) is 5.92 Å². The van der Waals surface area contributed by atoms with Crippen LogP contribution in [-0.4, -0.2) is 77.6 Å². The first kappa shape index (κ1) is 23.9. The van der Waals surface area contributed by atoms with Gasteiger partial charge in [0.25, 0.3) is 0 Å². The van der Waals surface area contributed by atoms with Gasteiger partial charge in [-0.3, -0.25) is 4.99 Å². The summed E-state index contributed by atoms with van der Waals surface area (Å²) in [6.45, 7) is 9.98. The standard InChI is InChI=1S/C17H36N4O2.HI/c1-16-7-4-10-21(15-16)11-5-8-19-17(18-2)20-9-6-12-23-14-13-22-3;/h16H,4-15H2,1-3H3,(H2,18,19,20);1H. The molecule has 1 atom stereocenters. The number of halogens is 1. The Morgan fingerprint density at radius 2 is 1.92 bits per heavy atom. The van der Waals surface area contributed by atoms with Crippen molar-refractivity contribution in [3.8, 4) is 0 Å². The molecule has 2 N–H and O–H groups in total. The van der Waals surface area contributed by atoms with Crippen LogP contribution >= 0.6 is 24.0 Å². The second-order valence-electron chi connectivity index (χ2n) is 6.29. The van der Waals surface area contributed by atoms with E-state index in [0.717, 1.165) is 44.4 Å². The Balaban J connectivity index is 0.00000529. The van der Waals surface area contributed by atoms with E-state index in [1.165, 1.54) is 32.5 Å². The van der Waals surface area contributed by atoms with Crippen molar-refractivity contribution in [1.82, 2.24) is 15.5 Å². The molecule has 0 bridgehead atoms. The molecule has 1 saturated heterocycles. The molecule has 0 aromatic heterocycles. The number of piperidine rings is 1. The van der Waals surface area contributed by atoms with Gasteiger partial charge >= 0.3 is 0 Å². The third-order valence-electron chi connectivity index (χ3n) is 4.10. The summed E-state index contributed by atoms with van der Waals surface area (Å²) in [5, 5.41) is 6.70. The third-order valence-corrected chi connectivity index (χ3v) is 4.10. The van der Waals surface area contributed by atoms with Crippen LogP contribution in [0.2, 0.25) is 0 Å². The number of hydrogen-bond donors (Lipinski definition) is 2. The Hall–Kier alpha value is -0.120. The van der Waals surface area contributed by atoms with Crippen molar-refractivity contribution in [2.45, 2.75) is 32.6 Å². The van der Waals surface area contributed by atoms with Crippen molar-refractivity contribution in [2.75, 3.05) is 66.7 Å². The van der Waals surface area contributed by atoms with Gasteiger partial charge < -0.3 is 25.0 Å². The normalized spacial score (nSPS) is 19.0. The second kappa shape index (κ2) is 16.4. The highest BCUT2D eigenvalue weighted by Gasteiger charge is 2.15. The summed E-state index contributed by atoms with van der Waals surface area (Å²) in [4.78, 5) is 6.84. The summed E-state index contributed by atoms with van der Waals surface area (Å²) in [5.41, 5.74) is 0. The minimum Gasteiger partial charge on any atom is -0.382 e. The Kier molecular flexibility index (Phi) is 16.3. The van der Waals surface area contributed by atoms with E-state index >= 15 is 0 Å². The Labute approximate surface area is 165 Å². The maximum atomic E-state index is 5.43. The Morgan fingerprint density at radius 3 is 2.58 bits per heavy atom. The summed E-state index contributed by atoms with van der Waals surface area (Å²) in [6.07, 6.45) is 4.87. The van der Waals surface area contributed by atoms with E-state index in [1.54, 1.807) is 7.11 Å². The van der Waals surface area contributed by atoms with E-state index in [-0.39, 0.29) is 24.0 Å². The van der Waals surface area contributed by atoms with Crippen LogP contribution in [0.25, 0.3) is 0 Å². The lowest BCUT2D eigenvalue weighted by atomic mass is 10.0. The Bertz CT molecular complexity index is 319. The average molecular weight is 456 g/mol. The zero-order valence-electron chi connectivity index (χ0n) is 15.7. The summed E-state index contributed by atoms with van der Waals surface area (Å²) in [6, 6.07) is 0. The predicted molar refractivity (Wildman–Crippen MR) is 112 cm³/mol. The lowest BCUT2D eigenvalue weighted by Crippen LogP contribution is -2.40. The van der Waals surface area contributed by atoms with Gasteiger partial charge in [0.2, 0.25) is 0 Å². The maximum absolute atomic E-state index is 5.43. The molecule has 7 heteroatoms. The van der Waals surface area contributed by atoms with Crippen molar-refractivity contribution < 1.29 is 9.47 Å². The molecule has 0 aromatic carbocycles. The van der Waals surface area contributed by atoms with E-state index < -0.39 is 0 Å². The highest BCUT2D eigenvalue weighted by Crippen LogP contribution is 2.15. The molecule has 1 aliphatic heterocycles. The molecule has 1 heterocycles. The lowest BCUT2D eigenvalue weighted by Gasteiger charge is -2.30. The first-order valence-electron chi connectivity index (χ1n) is 8.99. The first-order valence-corrected chi connectivity index (χ1v) is 8.99.